The minimum Gasteiger partial charge on any atom is -0.208 e. The van der Waals surface area contributed by atoms with Crippen LogP contribution in [0.3, 0.4) is 0 Å². The summed E-state index contributed by atoms with van der Waals surface area (Å²) in [5.41, 5.74) is 17.9. The van der Waals surface area contributed by atoms with Crippen LogP contribution in [0, 0.1) is 0 Å². The van der Waals surface area contributed by atoms with E-state index in [0.29, 0.717) is 17.5 Å². The number of hydrogen-bond donors (Lipinski definition) is 0. The normalized spacial score (nSPS) is 11.6. The van der Waals surface area contributed by atoms with E-state index in [9.17, 15) is 0 Å². The molecule has 8 aromatic carbocycles. The largest absolute Gasteiger partial charge is 0.208 e. The fourth-order valence-corrected chi connectivity index (χ4v) is 7.89. The fourth-order valence-electron chi connectivity index (χ4n) is 7.89. The summed E-state index contributed by atoms with van der Waals surface area (Å²) >= 11 is 0. The third-order valence-corrected chi connectivity index (χ3v) is 10.6. The van der Waals surface area contributed by atoms with Gasteiger partial charge in [-0.15, -0.1) is 0 Å². The Hall–Kier alpha value is -7.23. The van der Waals surface area contributed by atoms with E-state index in [0.717, 1.165) is 34.2 Å². The molecule has 1 aromatic heterocycles. The van der Waals surface area contributed by atoms with E-state index in [4.69, 9.17) is 15.0 Å². The third kappa shape index (κ3) is 6.22. The predicted molar refractivity (Wildman–Crippen MR) is 226 cm³/mol. The van der Waals surface area contributed by atoms with Gasteiger partial charge >= 0.3 is 0 Å². The van der Waals surface area contributed by atoms with Gasteiger partial charge in [-0.2, -0.15) is 0 Å². The highest BCUT2D eigenvalue weighted by molar-refractivity contribution is 5.90. The van der Waals surface area contributed by atoms with Gasteiger partial charge in [0.05, 0.1) is 0 Å². The van der Waals surface area contributed by atoms with Crippen molar-refractivity contribution in [3.05, 3.63) is 211 Å². The Bertz CT molecular complexity index is 2810. The second kappa shape index (κ2) is 14.0. The number of benzene rings is 8. The van der Waals surface area contributed by atoms with E-state index in [1.165, 1.54) is 55.6 Å². The lowest BCUT2D eigenvalue weighted by Crippen LogP contribution is -2.00. The van der Waals surface area contributed by atoms with Crippen LogP contribution < -0.4 is 0 Å². The van der Waals surface area contributed by atoms with E-state index < -0.39 is 0 Å². The summed E-state index contributed by atoms with van der Waals surface area (Å²) in [5.74, 6) is 1.95. The monoisotopic (exact) mass is 701 g/mol. The number of hydrogen-bond acceptors (Lipinski definition) is 3. The van der Waals surface area contributed by atoms with Crippen LogP contribution >= 0.6 is 0 Å². The van der Waals surface area contributed by atoms with E-state index in [1.807, 2.05) is 36.4 Å². The maximum atomic E-state index is 5.06. The molecule has 258 valence electrons. The van der Waals surface area contributed by atoms with Crippen molar-refractivity contribution < 1.29 is 0 Å². The molecule has 0 fully saturated rings. The molecule has 0 bridgehead atoms. The average Bonchev–Trinajstić information content (AvgIpc) is 3.67. The molecule has 0 radical (unpaired) electrons. The summed E-state index contributed by atoms with van der Waals surface area (Å²) in [6, 6.07) is 70.7. The number of aromatic nitrogens is 3. The summed E-state index contributed by atoms with van der Waals surface area (Å²) in [6.07, 6.45) is 0.883. The third-order valence-electron chi connectivity index (χ3n) is 10.6. The highest BCUT2D eigenvalue weighted by Crippen LogP contribution is 2.45. The van der Waals surface area contributed by atoms with Crippen molar-refractivity contribution in [3.8, 4) is 89.8 Å². The van der Waals surface area contributed by atoms with Crippen molar-refractivity contribution >= 4 is 0 Å². The molecule has 9 aromatic rings. The molecule has 0 saturated heterocycles. The summed E-state index contributed by atoms with van der Waals surface area (Å²) < 4.78 is 0. The molecule has 0 unspecified atom stereocenters. The Kier molecular flexibility index (Phi) is 8.23. The Labute approximate surface area is 321 Å². The van der Waals surface area contributed by atoms with Crippen LogP contribution in [-0.4, -0.2) is 15.0 Å². The standard InChI is InChI=1S/C52H35N3/c1-4-14-35(15-5-1)40-20-10-22-42(32-40)45-25-13-27-47-46-26-12-24-44(48(46)34-49(45)47)37-28-30-39(31-29-37)51-53-50(38-18-8-3-9-19-38)54-52(55-51)43-23-11-21-41(33-43)36-16-6-2-7-17-36/h1-33H,34H2. The first-order valence-electron chi connectivity index (χ1n) is 18.7. The average molecular weight is 702 g/mol. The van der Waals surface area contributed by atoms with Crippen molar-refractivity contribution in [1.82, 2.24) is 15.0 Å². The van der Waals surface area contributed by atoms with E-state index in [-0.39, 0.29) is 0 Å². The van der Waals surface area contributed by atoms with Crippen LogP contribution in [0.25, 0.3) is 89.8 Å². The lowest BCUT2D eigenvalue weighted by atomic mass is 9.93. The molecular formula is C52H35N3. The molecule has 55 heavy (non-hydrogen) atoms. The van der Waals surface area contributed by atoms with Crippen molar-refractivity contribution in [3.63, 3.8) is 0 Å². The van der Waals surface area contributed by atoms with Crippen LogP contribution in [-0.2, 0) is 6.42 Å². The van der Waals surface area contributed by atoms with Gasteiger partial charge in [0.15, 0.2) is 17.5 Å². The maximum Gasteiger partial charge on any atom is 0.164 e. The van der Waals surface area contributed by atoms with Gasteiger partial charge in [-0.3, -0.25) is 0 Å². The molecular weight excluding hydrogens is 667 g/mol. The van der Waals surface area contributed by atoms with Gasteiger partial charge in [0.25, 0.3) is 0 Å². The smallest absolute Gasteiger partial charge is 0.164 e. The second-order valence-electron chi connectivity index (χ2n) is 14.0. The molecule has 3 nitrogen and oxygen atoms in total. The van der Waals surface area contributed by atoms with Gasteiger partial charge in [-0.25, -0.2) is 15.0 Å². The Balaban J connectivity index is 1.000. The van der Waals surface area contributed by atoms with Crippen LogP contribution in [0.5, 0.6) is 0 Å². The van der Waals surface area contributed by atoms with Gasteiger partial charge in [0.2, 0.25) is 0 Å². The van der Waals surface area contributed by atoms with Crippen molar-refractivity contribution in [2.75, 3.05) is 0 Å². The van der Waals surface area contributed by atoms with Gasteiger partial charge in [-0.05, 0) is 85.3 Å². The molecule has 0 N–H and O–H groups in total. The summed E-state index contributed by atoms with van der Waals surface area (Å²) in [7, 11) is 0. The van der Waals surface area contributed by atoms with Crippen LogP contribution in [0.2, 0.25) is 0 Å². The number of rotatable bonds is 7. The van der Waals surface area contributed by atoms with E-state index >= 15 is 0 Å². The van der Waals surface area contributed by atoms with Crippen molar-refractivity contribution in [2.45, 2.75) is 6.42 Å². The lowest BCUT2D eigenvalue weighted by molar-refractivity contribution is 1.07. The molecule has 10 rings (SSSR count). The molecule has 0 aliphatic heterocycles. The lowest BCUT2D eigenvalue weighted by Gasteiger charge is -2.12. The van der Waals surface area contributed by atoms with Crippen molar-refractivity contribution in [2.24, 2.45) is 0 Å². The first-order chi connectivity index (χ1) is 27.2. The van der Waals surface area contributed by atoms with Crippen LogP contribution in [0.15, 0.2) is 200 Å². The molecule has 0 spiro atoms. The van der Waals surface area contributed by atoms with E-state index in [1.54, 1.807) is 0 Å². The minimum atomic E-state index is 0.647. The molecule has 1 heterocycles. The summed E-state index contributed by atoms with van der Waals surface area (Å²) in [5, 5.41) is 0. The maximum absolute atomic E-state index is 5.06. The molecule has 0 amide bonds. The molecule has 0 atom stereocenters. The predicted octanol–water partition coefficient (Wildman–Crippen LogP) is 13.1. The summed E-state index contributed by atoms with van der Waals surface area (Å²) in [4.78, 5) is 15.1. The van der Waals surface area contributed by atoms with Gasteiger partial charge in [0.1, 0.15) is 0 Å². The minimum absolute atomic E-state index is 0.647. The molecule has 3 heteroatoms. The zero-order chi connectivity index (χ0) is 36.6. The zero-order valence-corrected chi connectivity index (χ0v) is 30.1. The van der Waals surface area contributed by atoms with Gasteiger partial charge in [0, 0.05) is 16.7 Å². The van der Waals surface area contributed by atoms with Gasteiger partial charge in [-0.1, -0.05) is 188 Å². The SMILES string of the molecule is c1ccc(-c2cccc(-c3nc(-c4ccccc4)nc(-c4ccc(-c5cccc6c5Cc5c(-c7cccc(-c8ccccc8)c7)cccc5-6)cc4)n3)c2)cc1. The molecule has 0 saturated carbocycles. The second-order valence-corrected chi connectivity index (χ2v) is 14.0. The molecule has 1 aliphatic carbocycles. The first kappa shape index (κ1) is 32.4. The van der Waals surface area contributed by atoms with E-state index in [2.05, 4.69) is 164 Å². The first-order valence-corrected chi connectivity index (χ1v) is 18.7. The fraction of sp³-hybridized carbons (Fsp3) is 0.0192. The zero-order valence-electron chi connectivity index (χ0n) is 30.1. The molecule has 1 aliphatic rings. The van der Waals surface area contributed by atoms with Gasteiger partial charge < -0.3 is 0 Å². The Morgan fingerprint density at radius 3 is 1.13 bits per heavy atom. The number of nitrogens with zero attached hydrogens (tertiary/aromatic N) is 3. The Morgan fingerprint density at radius 1 is 0.236 bits per heavy atom. The number of fused-ring (bicyclic) bond motifs is 3. The van der Waals surface area contributed by atoms with Crippen molar-refractivity contribution in [1.29, 1.82) is 0 Å². The highest BCUT2D eigenvalue weighted by atomic mass is 15.0. The van der Waals surface area contributed by atoms with Crippen LogP contribution in [0.4, 0.5) is 0 Å². The highest BCUT2D eigenvalue weighted by Gasteiger charge is 2.24. The topological polar surface area (TPSA) is 38.7 Å². The quantitative estimate of drug-likeness (QED) is 0.166. The Morgan fingerprint density at radius 2 is 0.582 bits per heavy atom. The van der Waals surface area contributed by atoms with Crippen LogP contribution in [0.1, 0.15) is 11.1 Å². The summed E-state index contributed by atoms with van der Waals surface area (Å²) in [6.45, 7) is 0.